The van der Waals surface area contributed by atoms with Gasteiger partial charge in [-0.25, -0.2) is 4.79 Å². The number of carbonyl (C=O) groups excluding carboxylic acids is 1. The van der Waals surface area contributed by atoms with Crippen molar-refractivity contribution in [3.63, 3.8) is 0 Å². The van der Waals surface area contributed by atoms with E-state index in [1.807, 2.05) is 49.5 Å². The predicted octanol–water partition coefficient (Wildman–Crippen LogP) is 5.55. The van der Waals surface area contributed by atoms with Crippen LogP contribution in [-0.2, 0) is 11.3 Å². The molecule has 0 fully saturated rings. The lowest BCUT2D eigenvalue weighted by atomic mass is 9.84. The van der Waals surface area contributed by atoms with Crippen molar-refractivity contribution < 1.29 is 14.3 Å². The van der Waals surface area contributed by atoms with Crippen LogP contribution in [0.4, 0.5) is 4.79 Å². The zero-order valence-electron chi connectivity index (χ0n) is 16.8. The zero-order valence-corrected chi connectivity index (χ0v) is 16.8. The van der Waals surface area contributed by atoms with Crippen LogP contribution < -0.4 is 4.74 Å². The van der Waals surface area contributed by atoms with Crippen molar-refractivity contribution in [2.75, 3.05) is 20.7 Å². The second-order valence-electron chi connectivity index (χ2n) is 7.27. The van der Waals surface area contributed by atoms with Crippen LogP contribution in [0.1, 0.15) is 42.7 Å². The molecule has 0 saturated heterocycles. The van der Waals surface area contributed by atoms with Gasteiger partial charge in [-0.05, 0) is 48.9 Å². The monoisotopic (exact) mass is 379 g/mol. The molecule has 3 rings (SSSR count). The Kier molecular flexibility index (Phi) is 7.12. The van der Waals surface area contributed by atoms with E-state index in [2.05, 4.69) is 18.2 Å². The minimum absolute atomic E-state index is 0.181. The zero-order chi connectivity index (χ0) is 19.8. The summed E-state index contributed by atoms with van der Waals surface area (Å²) in [6, 6.07) is 17.9. The molecule has 2 aromatic carbocycles. The quantitative estimate of drug-likeness (QED) is 0.592. The third-order valence-electron chi connectivity index (χ3n) is 5.27. The highest BCUT2D eigenvalue weighted by Gasteiger charge is 2.23. The molecule has 28 heavy (non-hydrogen) atoms. The van der Waals surface area contributed by atoms with Crippen LogP contribution >= 0.6 is 0 Å². The summed E-state index contributed by atoms with van der Waals surface area (Å²) in [6.45, 7) is 0.895. The summed E-state index contributed by atoms with van der Waals surface area (Å²) in [5.74, 6) is 1.02. The van der Waals surface area contributed by atoms with Crippen LogP contribution in [0, 0.1) is 0 Å². The number of ether oxygens (including phenoxy) is 2. The van der Waals surface area contributed by atoms with Crippen molar-refractivity contribution in [1.82, 2.24) is 4.90 Å². The van der Waals surface area contributed by atoms with Crippen LogP contribution in [0.15, 0.2) is 66.2 Å². The summed E-state index contributed by atoms with van der Waals surface area (Å²) in [7, 11) is 3.49. The van der Waals surface area contributed by atoms with Gasteiger partial charge < -0.3 is 14.4 Å². The van der Waals surface area contributed by atoms with Gasteiger partial charge in [0.05, 0.1) is 7.11 Å². The molecule has 0 unspecified atom stereocenters. The minimum atomic E-state index is -0.293. The summed E-state index contributed by atoms with van der Waals surface area (Å²) in [5, 5.41) is 0. The average Bonchev–Trinajstić information content (AvgIpc) is 2.77. The number of benzene rings is 2. The van der Waals surface area contributed by atoms with Crippen molar-refractivity contribution in [3.8, 4) is 5.75 Å². The molecule has 1 aliphatic rings. The number of carbonyl (C=O) groups is 1. The highest BCUT2D eigenvalue weighted by molar-refractivity contribution is 5.67. The molecule has 4 nitrogen and oxygen atoms in total. The van der Waals surface area contributed by atoms with E-state index < -0.39 is 0 Å². The summed E-state index contributed by atoms with van der Waals surface area (Å²) >= 11 is 0. The van der Waals surface area contributed by atoms with Crippen molar-refractivity contribution in [2.45, 2.75) is 38.2 Å². The normalized spacial score (nSPS) is 14.7. The largest absolute Gasteiger partial charge is 0.497 e. The fourth-order valence-electron chi connectivity index (χ4n) is 3.63. The number of hydrogen-bond donors (Lipinski definition) is 0. The maximum absolute atomic E-state index is 12.5. The van der Waals surface area contributed by atoms with Crippen LogP contribution in [-0.4, -0.2) is 31.7 Å². The Morgan fingerprint density at radius 1 is 1.07 bits per heavy atom. The van der Waals surface area contributed by atoms with Gasteiger partial charge >= 0.3 is 6.09 Å². The van der Waals surface area contributed by atoms with Crippen molar-refractivity contribution >= 4 is 6.09 Å². The topological polar surface area (TPSA) is 38.8 Å². The maximum Gasteiger partial charge on any atom is 0.409 e. The molecule has 148 valence electrons. The number of methoxy groups -OCH3 is 1. The lowest BCUT2D eigenvalue weighted by Gasteiger charge is -2.28. The number of amides is 1. The van der Waals surface area contributed by atoms with E-state index in [1.165, 1.54) is 24.0 Å². The summed E-state index contributed by atoms with van der Waals surface area (Å²) < 4.78 is 10.8. The number of allylic oxidation sites excluding steroid dienone is 1. The maximum atomic E-state index is 12.5. The molecule has 1 aliphatic carbocycles. The fraction of sp³-hybridized carbons (Fsp3) is 0.375. The number of rotatable bonds is 7. The summed E-state index contributed by atoms with van der Waals surface area (Å²) in [6.07, 6.45) is 6.71. The van der Waals surface area contributed by atoms with Crippen LogP contribution in [0.5, 0.6) is 5.75 Å². The molecule has 0 spiro atoms. The van der Waals surface area contributed by atoms with E-state index in [4.69, 9.17) is 9.47 Å². The Balaban J connectivity index is 1.68. The van der Waals surface area contributed by atoms with Gasteiger partial charge in [0.15, 0.2) is 0 Å². The van der Waals surface area contributed by atoms with Crippen LogP contribution in [0.3, 0.4) is 0 Å². The first-order valence-electron chi connectivity index (χ1n) is 9.92. The molecule has 0 aromatic heterocycles. The number of likely N-dealkylation sites (N-methyl/N-ethyl adjacent to an activating group) is 1. The van der Waals surface area contributed by atoms with Crippen molar-refractivity contribution in [2.24, 2.45) is 0 Å². The Labute approximate surface area is 167 Å². The van der Waals surface area contributed by atoms with Gasteiger partial charge in [-0.1, -0.05) is 54.1 Å². The van der Waals surface area contributed by atoms with Gasteiger partial charge in [-0.15, -0.1) is 0 Å². The molecular formula is C24H29NO3. The Morgan fingerprint density at radius 2 is 1.82 bits per heavy atom. The van der Waals surface area contributed by atoms with Gasteiger partial charge in [0.25, 0.3) is 0 Å². The molecule has 0 heterocycles. The minimum Gasteiger partial charge on any atom is -0.497 e. The second kappa shape index (κ2) is 9.98. The van der Waals surface area contributed by atoms with Gasteiger partial charge in [-0.2, -0.15) is 0 Å². The molecule has 0 saturated carbocycles. The van der Waals surface area contributed by atoms with Crippen molar-refractivity contribution in [1.29, 1.82) is 0 Å². The van der Waals surface area contributed by atoms with Crippen LogP contribution in [0.2, 0.25) is 0 Å². The first kappa shape index (κ1) is 20.0. The molecule has 0 N–H and O–H groups in total. The summed E-state index contributed by atoms with van der Waals surface area (Å²) in [4.78, 5) is 14.2. The van der Waals surface area contributed by atoms with E-state index in [0.29, 0.717) is 13.2 Å². The molecule has 4 heteroatoms. The predicted molar refractivity (Wildman–Crippen MR) is 112 cm³/mol. The third-order valence-corrected chi connectivity index (χ3v) is 5.27. The van der Waals surface area contributed by atoms with E-state index in [0.717, 1.165) is 24.2 Å². The molecule has 1 atom stereocenters. The standard InChI is InChI=1S/C24H29NO3/c1-25(24(26)28-18-19-9-5-3-6-10-19)17-23(20-11-7-4-8-12-20)21-13-15-22(27-2)16-14-21/h3,5-6,9-11,13-16,23H,4,7-8,12,17-18H2,1-2H3/t23-/m1/s1. The first-order chi connectivity index (χ1) is 13.7. The van der Waals surface area contributed by atoms with Gasteiger partial charge in [-0.3, -0.25) is 0 Å². The molecular weight excluding hydrogens is 350 g/mol. The fourth-order valence-corrected chi connectivity index (χ4v) is 3.63. The molecule has 0 radical (unpaired) electrons. The number of nitrogens with zero attached hydrogens (tertiary/aromatic N) is 1. The Hall–Kier alpha value is -2.75. The molecule has 0 aliphatic heterocycles. The average molecular weight is 380 g/mol. The van der Waals surface area contributed by atoms with Gasteiger partial charge in [0.2, 0.25) is 0 Å². The van der Waals surface area contributed by atoms with Gasteiger partial charge in [0.1, 0.15) is 12.4 Å². The van der Waals surface area contributed by atoms with E-state index in [9.17, 15) is 4.79 Å². The highest BCUT2D eigenvalue weighted by Crippen LogP contribution is 2.33. The van der Waals surface area contributed by atoms with Gasteiger partial charge in [0, 0.05) is 19.5 Å². The Morgan fingerprint density at radius 3 is 2.46 bits per heavy atom. The van der Waals surface area contributed by atoms with E-state index in [-0.39, 0.29) is 12.0 Å². The number of hydrogen-bond acceptors (Lipinski definition) is 3. The van der Waals surface area contributed by atoms with E-state index in [1.54, 1.807) is 12.0 Å². The Bertz CT molecular complexity index is 783. The summed E-state index contributed by atoms with van der Waals surface area (Å²) in [5.41, 5.74) is 3.61. The molecule has 0 bridgehead atoms. The van der Waals surface area contributed by atoms with Crippen molar-refractivity contribution in [3.05, 3.63) is 77.4 Å². The highest BCUT2D eigenvalue weighted by atomic mass is 16.6. The second-order valence-corrected chi connectivity index (χ2v) is 7.27. The molecule has 1 amide bonds. The smallest absolute Gasteiger partial charge is 0.409 e. The van der Waals surface area contributed by atoms with E-state index >= 15 is 0 Å². The lowest BCUT2D eigenvalue weighted by Crippen LogP contribution is -2.32. The third kappa shape index (κ3) is 5.38. The first-order valence-corrected chi connectivity index (χ1v) is 9.92. The SMILES string of the molecule is COc1ccc([C@H](CN(C)C(=O)OCc2ccccc2)C2=CCCCC2)cc1. The van der Waals surface area contributed by atoms with Crippen LogP contribution in [0.25, 0.3) is 0 Å². The molecule has 2 aromatic rings. The lowest BCUT2D eigenvalue weighted by molar-refractivity contribution is 0.103.